The summed E-state index contributed by atoms with van der Waals surface area (Å²) >= 11 is 0. The van der Waals surface area contributed by atoms with Crippen molar-refractivity contribution in [3.63, 3.8) is 0 Å². The molecule has 1 aliphatic carbocycles. The molecule has 0 atom stereocenters. The van der Waals surface area contributed by atoms with E-state index in [0.717, 1.165) is 12.8 Å². The number of rotatable bonds is 4. The van der Waals surface area contributed by atoms with Crippen molar-refractivity contribution < 1.29 is 0 Å². The van der Waals surface area contributed by atoms with Crippen molar-refractivity contribution in [1.29, 1.82) is 0 Å². The molecular formula is C42H30N2. The minimum absolute atomic E-state index is 1.11. The Morgan fingerprint density at radius 2 is 0.841 bits per heavy atom. The van der Waals surface area contributed by atoms with Gasteiger partial charge in [0.15, 0.2) is 0 Å². The molecule has 1 aliphatic rings. The van der Waals surface area contributed by atoms with Gasteiger partial charge in [0.25, 0.3) is 0 Å². The fourth-order valence-electron chi connectivity index (χ4n) is 7.06. The van der Waals surface area contributed by atoms with Gasteiger partial charge in [0, 0.05) is 32.9 Å². The normalized spacial score (nSPS) is 13.3. The third-order valence-electron chi connectivity index (χ3n) is 9.17. The van der Waals surface area contributed by atoms with Gasteiger partial charge in [-0.15, -0.1) is 0 Å². The van der Waals surface area contributed by atoms with E-state index in [9.17, 15) is 0 Å². The lowest BCUT2D eigenvalue weighted by atomic mass is 9.98. The van der Waals surface area contributed by atoms with Crippen LogP contribution in [0.1, 0.15) is 18.4 Å². The molecule has 0 radical (unpaired) electrons. The van der Waals surface area contributed by atoms with Gasteiger partial charge in [0.05, 0.1) is 22.1 Å². The first kappa shape index (κ1) is 24.9. The number of hydrogen-bond donors (Lipinski definition) is 0. The molecule has 0 N–H and O–H groups in total. The lowest BCUT2D eigenvalue weighted by Crippen LogP contribution is -1.95. The molecule has 9 rings (SSSR count). The fraction of sp³-hybridized carbons (Fsp3) is 0.0476. The molecule has 44 heavy (non-hydrogen) atoms. The molecule has 2 heteroatoms. The Balaban J connectivity index is 1.09. The van der Waals surface area contributed by atoms with Gasteiger partial charge in [0.1, 0.15) is 0 Å². The summed E-state index contributed by atoms with van der Waals surface area (Å²) in [5.74, 6) is 0. The zero-order chi connectivity index (χ0) is 29.0. The van der Waals surface area contributed by atoms with Crippen LogP contribution in [0.25, 0.3) is 71.7 Å². The Kier molecular flexibility index (Phi) is 5.67. The van der Waals surface area contributed by atoms with Gasteiger partial charge in [-0.2, -0.15) is 0 Å². The molecule has 8 aromatic rings. The number of nitrogens with zero attached hydrogens (tertiary/aromatic N) is 2. The quantitative estimate of drug-likeness (QED) is 0.202. The van der Waals surface area contributed by atoms with Crippen LogP contribution in [0.15, 0.2) is 158 Å². The summed E-state index contributed by atoms with van der Waals surface area (Å²) in [5.41, 5.74) is 12.3. The van der Waals surface area contributed by atoms with Crippen molar-refractivity contribution in [3.05, 3.63) is 163 Å². The lowest BCUT2D eigenvalue weighted by Gasteiger charge is -2.11. The van der Waals surface area contributed by atoms with Gasteiger partial charge in [-0.3, -0.25) is 0 Å². The molecule has 0 spiro atoms. The van der Waals surface area contributed by atoms with E-state index in [1.54, 1.807) is 0 Å². The predicted molar refractivity (Wildman–Crippen MR) is 187 cm³/mol. The van der Waals surface area contributed by atoms with Crippen LogP contribution in [0.3, 0.4) is 0 Å². The summed E-state index contributed by atoms with van der Waals surface area (Å²) in [6.07, 6.45) is 9.14. The molecule has 0 saturated heterocycles. The number of aromatic nitrogens is 2. The molecule has 2 aromatic heterocycles. The van der Waals surface area contributed by atoms with Crippen molar-refractivity contribution in [3.8, 4) is 22.5 Å². The van der Waals surface area contributed by atoms with Gasteiger partial charge < -0.3 is 9.13 Å². The number of benzene rings is 6. The SMILES string of the molecule is C1=CC(c2ccc3c(c2)c2ccccc2n3-c2ccc(-c3ccc(-n4c5ccccc5c5ccccc54)cc3)cc2)=CCC1. The lowest BCUT2D eigenvalue weighted by molar-refractivity contribution is 1.04. The minimum Gasteiger partial charge on any atom is -0.309 e. The zero-order valence-electron chi connectivity index (χ0n) is 24.3. The summed E-state index contributed by atoms with van der Waals surface area (Å²) in [6, 6.07) is 51.0. The molecule has 0 fully saturated rings. The van der Waals surface area contributed by atoms with E-state index in [1.807, 2.05) is 0 Å². The van der Waals surface area contributed by atoms with Crippen LogP contribution in [0.5, 0.6) is 0 Å². The number of para-hydroxylation sites is 3. The average molecular weight is 563 g/mol. The van der Waals surface area contributed by atoms with Crippen LogP contribution in [-0.2, 0) is 0 Å². The van der Waals surface area contributed by atoms with Crippen LogP contribution < -0.4 is 0 Å². The fourth-order valence-corrected chi connectivity index (χ4v) is 7.06. The Labute approximate surface area is 256 Å². The highest BCUT2D eigenvalue weighted by atomic mass is 15.0. The third-order valence-corrected chi connectivity index (χ3v) is 9.17. The van der Waals surface area contributed by atoms with Gasteiger partial charge in [-0.05, 0) is 89.7 Å². The standard InChI is InChI=1S/C42H30N2/c1-2-10-29(11-3-1)32-22-27-42-38(28-32)37-14-6-9-17-41(37)44(42)34-25-20-31(21-26-34)30-18-23-33(24-19-30)43-39-15-7-4-12-35(39)36-13-5-8-16-40(36)43/h2,4-28H,1,3H2. The van der Waals surface area contributed by atoms with Crippen molar-refractivity contribution in [2.45, 2.75) is 12.8 Å². The third kappa shape index (κ3) is 3.88. The summed E-state index contributed by atoms with van der Waals surface area (Å²) in [4.78, 5) is 0. The van der Waals surface area contributed by atoms with Crippen LogP contribution >= 0.6 is 0 Å². The smallest absolute Gasteiger partial charge is 0.0541 e. The first-order valence-corrected chi connectivity index (χ1v) is 15.4. The second kappa shape index (κ2) is 10.00. The maximum absolute atomic E-state index is 2.40. The molecule has 6 aromatic carbocycles. The van der Waals surface area contributed by atoms with Gasteiger partial charge >= 0.3 is 0 Å². The van der Waals surface area contributed by atoms with Crippen molar-refractivity contribution >= 4 is 49.2 Å². The summed E-state index contributed by atoms with van der Waals surface area (Å²) in [6.45, 7) is 0. The van der Waals surface area contributed by atoms with E-state index in [0.29, 0.717) is 0 Å². The maximum Gasteiger partial charge on any atom is 0.0541 e. The van der Waals surface area contributed by atoms with E-state index >= 15 is 0 Å². The van der Waals surface area contributed by atoms with Gasteiger partial charge in [-0.1, -0.05) is 103 Å². The monoisotopic (exact) mass is 562 g/mol. The van der Waals surface area contributed by atoms with Crippen LogP contribution in [0, 0.1) is 0 Å². The highest BCUT2D eigenvalue weighted by molar-refractivity contribution is 6.11. The second-order valence-electron chi connectivity index (χ2n) is 11.7. The largest absolute Gasteiger partial charge is 0.309 e. The number of fused-ring (bicyclic) bond motifs is 6. The molecule has 2 nitrogen and oxygen atoms in total. The molecule has 0 aliphatic heterocycles. The predicted octanol–water partition coefficient (Wildman–Crippen LogP) is 11.3. The van der Waals surface area contributed by atoms with Crippen LogP contribution in [0.4, 0.5) is 0 Å². The Morgan fingerprint density at radius 1 is 0.386 bits per heavy atom. The Hall–Kier alpha value is -5.60. The molecule has 0 unspecified atom stereocenters. The highest BCUT2D eigenvalue weighted by Gasteiger charge is 2.15. The van der Waals surface area contributed by atoms with Crippen molar-refractivity contribution in [2.24, 2.45) is 0 Å². The molecule has 208 valence electrons. The van der Waals surface area contributed by atoms with Crippen LogP contribution in [0.2, 0.25) is 0 Å². The van der Waals surface area contributed by atoms with Crippen molar-refractivity contribution in [2.75, 3.05) is 0 Å². The molecule has 0 saturated carbocycles. The van der Waals surface area contributed by atoms with Crippen LogP contribution in [-0.4, -0.2) is 9.13 Å². The summed E-state index contributed by atoms with van der Waals surface area (Å²) in [5, 5.41) is 5.15. The molecule has 2 heterocycles. The van der Waals surface area contributed by atoms with E-state index in [4.69, 9.17) is 0 Å². The van der Waals surface area contributed by atoms with Gasteiger partial charge in [0.2, 0.25) is 0 Å². The van der Waals surface area contributed by atoms with Gasteiger partial charge in [-0.25, -0.2) is 0 Å². The van der Waals surface area contributed by atoms with E-state index in [-0.39, 0.29) is 0 Å². The molecular weight excluding hydrogens is 532 g/mol. The molecule has 0 amide bonds. The van der Waals surface area contributed by atoms with Crippen molar-refractivity contribution in [1.82, 2.24) is 9.13 Å². The first-order chi connectivity index (χ1) is 21.8. The Morgan fingerprint density at radius 3 is 1.34 bits per heavy atom. The highest BCUT2D eigenvalue weighted by Crippen LogP contribution is 2.36. The topological polar surface area (TPSA) is 9.86 Å². The second-order valence-corrected chi connectivity index (χ2v) is 11.7. The molecule has 0 bridgehead atoms. The first-order valence-electron chi connectivity index (χ1n) is 15.4. The zero-order valence-corrected chi connectivity index (χ0v) is 24.3. The minimum atomic E-state index is 1.11. The summed E-state index contributed by atoms with van der Waals surface area (Å²) in [7, 11) is 0. The van der Waals surface area contributed by atoms with E-state index in [2.05, 4.69) is 167 Å². The van der Waals surface area contributed by atoms with E-state index in [1.165, 1.54) is 77.2 Å². The summed E-state index contributed by atoms with van der Waals surface area (Å²) < 4.78 is 4.76. The number of allylic oxidation sites excluding steroid dienone is 4. The van der Waals surface area contributed by atoms with E-state index < -0.39 is 0 Å². The Bertz CT molecular complexity index is 2360. The number of hydrogen-bond acceptors (Lipinski definition) is 0. The average Bonchev–Trinajstić information content (AvgIpc) is 3.62. The maximum atomic E-state index is 2.40.